The van der Waals surface area contributed by atoms with Crippen LogP contribution in [0.25, 0.3) is 0 Å². The van der Waals surface area contributed by atoms with Crippen molar-refractivity contribution in [2.75, 3.05) is 13.2 Å². The Bertz CT molecular complexity index is 1200. The second kappa shape index (κ2) is 57.9. The molecule has 0 saturated heterocycles. The van der Waals surface area contributed by atoms with Crippen LogP contribution in [0.15, 0.2) is 48.6 Å². The number of allylic oxidation sites excluding steroid dienone is 8. The van der Waals surface area contributed by atoms with Gasteiger partial charge in [-0.2, -0.15) is 0 Å². The Labute approximate surface area is 428 Å². The fraction of sp³-hybridized carbons (Fsp3) is 0.825. The lowest BCUT2D eigenvalue weighted by Gasteiger charge is -2.18. The summed E-state index contributed by atoms with van der Waals surface area (Å²) in [7, 11) is 0. The fourth-order valence-corrected chi connectivity index (χ4v) is 8.69. The van der Waals surface area contributed by atoms with Crippen molar-refractivity contribution in [2.24, 2.45) is 0 Å². The van der Waals surface area contributed by atoms with E-state index in [1.54, 1.807) is 0 Å². The largest absolute Gasteiger partial charge is 0.462 e. The predicted molar refractivity (Wildman–Crippen MR) is 298 cm³/mol. The molecule has 0 aromatic heterocycles. The van der Waals surface area contributed by atoms with Gasteiger partial charge >= 0.3 is 17.9 Å². The monoisotopic (exact) mass is 967 g/mol. The lowest BCUT2D eigenvalue weighted by Crippen LogP contribution is -2.30. The average molecular weight is 968 g/mol. The van der Waals surface area contributed by atoms with E-state index in [2.05, 4.69) is 69.4 Å². The molecule has 6 nitrogen and oxygen atoms in total. The molecular weight excluding hydrogens is 853 g/mol. The van der Waals surface area contributed by atoms with Crippen molar-refractivity contribution in [3.05, 3.63) is 48.6 Å². The van der Waals surface area contributed by atoms with Crippen LogP contribution in [0.3, 0.4) is 0 Å². The highest BCUT2D eigenvalue weighted by Crippen LogP contribution is 2.16. The summed E-state index contributed by atoms with van der Waals surface area (Å²) in [6, 6.07) is 0. The first-order valence-electron chi connectivity index (χ1n) is 30.1. The summed E-state index contributed by atoms with van der Waals surface area (Å²) in [6.45, 7) is 6.55. The van der Waals surface area contributed by atoms with Gasteiger partial charge in [-0.25, -0.2) is 0 Å². The third-order valence-corrected chi connectivity index (χ3v) is 13.3. The molecule has 0 aromatic rings. The molecule has 0 aliphatic rings. The molecular formula is C63H114O6. The molecule has 0 amide bonds. The normalized spacial score (nSPS) is 12.3. The number of carbonyl (C=O) groups is 3. The van der Waals surface area contributed by atoms with Crippen molar-refractivity contribution in [1.29, 1.82) is 0 Å². The highest BCUT2D eigenvalue weighted by Gasteiger charge is 2.19. The second-order valence-electron chi connectivity index (χ2n) is 20.2. The molecule has 6 heteroatoms. The number of carbonyl (C=O) groups excluding carboxylic acids is 3. The summed E-state index contributed by atoms with van der Waals surface area (Å²) in [5, 5.41) is 0. The Hall–Kier alpha value is -2.63. The number of hydrogen-bond donors (Lipinski definition) is 0. The summed E-state index contributed by atoms with van der Waals surface area (Å²) in [4.78, 5) is 38.1. The Kier molecular flexibility index (Phi) is 55.7. The minimum atomic E-state index is -0.781. The molecule has 402 valence electrons. The van der Waals surface area contributed by atoms with E-state index >= 15 is 0 Å². The maximum Gasteiger partial charge on any atom is 0.306 e. The number of ether oxygens (including phenoxy) is 3. The summed E-state index contributed by atoms with van der Waals surface area (Å²) in [5.74, 6) is -0.893. The summed E-state index contributed by atoms with van der Waals surface area (Å²) >= 11 is 0. The quantitative estimate of drug-likeness (QED) is 0.0262. The van der Waals surface area contributed by atoms with Crippen molar-refractivity contribution in [2.45, 2.75) is 322 Å². The van der Waals surface area contributed by atoms with Crippen LogP contribution in [0, 0.1) is 0 Å². The SMILES string of the molecule is CCC/C=C\CCCCCCCC(=O)OCC(COC(=O)CCCCCCCCCCCCCCCCC/C=C\CCCCCCCCCC)OC(=O)CCCCCCC/C=C\C/C=C\CCCC. The fourth-order valence-electron chi connectivity index (χ4n) is 8.69. The van der Waals surface area contributed by atoms with E-state index in [0.29, 0.717) is 19.3 Å². The molecule has 1 unspecified atom stereocenters. The molecule has 69 heavy (non-hydrogen) atoms. The smallest absolute Gasteiger partial charge is 0.306 e. The van der Waals surface area contributed by atoms with Gasteiger partial charge in [-0.3, -0.25) is 14.4 Å². The average Bonchev–Trinajstić information content (AvgIpc) is 3.35. The summed E-state index contributed by atoms with van der Waals surface area (Å²) in [6.07, 6.45) is 71.3. The van der Waals surface area contributed by atoms with Gasteiger partial charge in [-0.15, -0.1) is 0 Å². The maximum atomic E-state index is 12.8. The lowest BCUT2D eigenvalue weighted by molar-refractivity contribution is -0.167. The van der Waals surface area contributed by atoms with Crippen LogP contribution < -0.4 is 0 Å². The van der Waals surface area contributed by atoms with Crippen LogP contribution in [0.2, 0.25) is 0 Å². The maximum absolute atomic E-state index is 12.8. The molecule has 0 bridgehead atoms. The van der Waals surface area contributed by atoms with E-state index in [9.17, 15) is 14.4 Å². The van der Waals surface area contributed by atoms with Crippen molar-refractivity contribution >= 4 is 17.9 Å². The first-order chi connectivity index (χ1) is 34.0. The van der Waals surface area contributed by atoms with Crippen molar-refractivity contribution in [3.8, 4) is 0 Å². The number of rotatable bonds is 55. The summed E-state index contributed by atoms with van der Waals surface area (Å²) in [5.41, 5.74) is 0. The molecule has 0 saturated carbocycles. The number of esters is 3. The zero-order chi connectivity index (χ0) is 50.0. The Morgan fingerprint density at radius 3 is 0.913 bits per heavy atom. The molecule has 0 radical (unpaired) electrons. The van der Waals surface area contributed by atoms with Crippen molar-refractivity contribution < 1.29 is 28.6 Å². The Morgan fingerprint density at radius 2 is 0.565 bits per heavy atom. The minimum absolute atomic E-state index is 0.0794. The number of unbranched alkanes of at least 4 members (excludes halogenated alkanes) is 36. The van der Waals surface area contributed by atoms with Gasteiger partial charge in [0.2, 0.25) is 0 Å². The van der Waals surface area contributed by atoms with Gasteiger partial charge in [0.15, 0.2) is 6.10 Å². The van der Waals surface area contributed by atoms with Crippen LogP contribution in [0.4, 0.5) is 0 Å². The molecule has 0 rings (SSSR count). The highest BCUT2D eigenvalue weighted by atomic mass is 16.6. The first kappa shape index (κ1) is 66.4. The molecule has 0 aromatic carbocycles. The van der Waals surface area contributed by atoms with E-state index in [1.807, 2.05) is 0 Å². The van der Waals surface area contributed by atoms with Crippen LogP contribution in [-0.2, 0) is 28.6 Å². The molecule has 0 spiro atoms. The first-order valence-corrected chi connectivity index (χ1v) is 30.1. The second-order valence-corrected chi connectivity index (χ2v) is 20.2. The van der Waals surface area contributed by atoms with Gasteiger partial charge in [0.1, 0.15) is 13.2 Å². The minimum Gasteiger partial charge on any atom is -0.462 e. The van der Waals surface area contributed by atoms with Crippen LogP contribution in [-0.4, -0.2) is 37.2 Å². The van der Waals surface area contributed by atoms with Crippen molar-refractivity contribution in [3.63, 3.8) is 0 Å². The molecule has 0 heterocycles. The molecule has 0 aliphatic carbocycles. The van der Waals surface area contributed by atoms with Crippen molar-refractivity contribution in [1.82, 2.24) is 0 Å². The van der Waals surface area contributed by atoms with E-state index in [4.69, 9.17) is 14.2 Å². The standard InChI is InChI=1S/C63H114O6/c1-4-7-10-13-16-19-22-24-26-27-28-29-30-31-32-33-34-35-36-37-38-40-41-44-47-50-53-56-62(65)68-59-60(58-67-61(64)55-52-49-46-43-21-18-15-12-9-6-3)69-63(66)57-54-51-48-45-42-39-25-23-20-17-14-11-8-5-2/h12,14-15,17,23,25,27-28,60H,4-11,13,16,18-22,24,26,29-59H2,1-3H3/b15-12-,17-14-,25-23-,28-27-. The van der Waals surface area contributed by atoms with Crippen LogP contribution >= 0.6 is 0 Å². The van der Waals surface area contributed by atoms with E-state index < -0.39 is 6.10 Å². The van der Waals surface area contributed by atoms with Gasteiger partial charge in [0, 0.05) is 19.3 Å². The molecule has 0 aliphatic heterocycles. The van der Waals surface area contributed by atoms with Gasteiger partial charge in [-0.05, 0) is 89.9 Å². The van der Waals surface area contributed by atoms with Gasteiger partial charge in [0.25, 0.3) is 0 Å². The van der Waals surface area contributed by atoms with Crippen LogP contribution in [0.5, 0.6) is 0 Å². The lowest BCUT2D eigenvalue weighted by atomic mass is 10.0. The Balaban J connectivity index is 4.15. The van der Waals surface area contributed by atoms with Gasteiger partial charge in [0.05, 0.1) is 0 Å². The summed E-state index contributed by atoms with van der Waals surface area (Å²) < 4.78 is 16.8. The van der Waals surface area contributed by atoms with Gasteiger partial charge in [-0.1, -0.05) is 256 Å². The Morgan fingerprint density at radius 1 is 0.290 bits per heavy atom. The zero-order valence-electron chi connectivity index (χ0n) is 46.1. The molecule has 1 atom stereocenters. The van der Waals surface area contributed by atoms with E-state index in [-0.39, 0.29) is 31.1 Å². The number of hydrogen-bond acceptors (Lipinski definition) is 6. The zero-order valence-corrected chi connectivity index (χ0v) is 46.1. The third kappa shape index (κ3) is 56.2. The molecule has 0 fully saturated rings. The third-order valence-electron chi connectivity index (χ3n) is 13.3. The van der Waals surface area contributed by atoms with Gasteiger partial charge < -0.3 is 14.2 Å². The predicted octanol–water partition coefficient (Wildman–Crippen LogP) is 20.2. The highest BCUT2D eigenvalue weighted by molar-refractivity contribution is 5.71. The van der Waals surface area contributed by atoms with E-state index in [1.165, 1.54) is 180 Å². The topological polar surface area (TPSA) is 78.9 Å². The van der Waals surface area contributed by atoms with E-state index in [0.717, 1.165) is 96.3 Å². The molecule has 0 N–H and O–H groups in total. The van der Waals surface area contributed by atoms with Crippen LogP contribution in [0.1, 0.15) is 316 Å².